The number of aromatic nitrogens is 1. The maximum absolute atomic E-state index is 9.82. The Bertz CT molecular complexity index is 351. The van der Waals surface area contributed by atoms with Crippen molar-refractivity contribution >= 4 is 11.3 Å². The number of rotatable bonds is 1. The molecule has 1 aromatic rings. The third kappa shape index (κ3) is 2.58. The average Bonchev–Trinajstić information content (AvgIpc) is 2.45. The Morgan fingerprint density at radius 3 is 2.80 bits per heavy atom. The molecule has 3 heteroatoms. The fraction of sp³-hybridized carbons (Fsp3) is 0.750. The summed E-state index contributed by atoms with van der Waals surface area (Å²) >= 11 is 1.79. The maximum Gasteiger partial charge on any atom is 0.0971 e. The lowest BCUT2D eigenvalue weighted by Gasteiger charge is -2.15. The first-order chi connectivity index (χ1) is 6.96. The summed E-state index contributed by atoms with van der Waals surface area (Å²) in [4.78, 5) is 5.90. The van der Waals surface area contributed by atoms with Crippen LogP contribution in [0, 0.1) is 5.41 Å². The number of hydrogen-bond acceptors (Lipinski definition) is 3. The highest BCUT2D eigenvalue weighted by atomic mass is 32.1. The summed E-state index contributed by atoms with van der Waals surface area (Å²) in [5.74, 6) is 0. The van der Waals surface area contributed by atoms with Gasteiger partial charge in [0.25, 0.3) is 0 Å². The molecule has 84 valence electrons. The van der Waals surface area contributed by atoms with Crippen LogP contribution in [0.3, 0.4) is 0 Å². The highest BCUT2D eigenvalue weighted by Gasteiger charge is 2.24. The summed E-state index contributed by atoms with van der Waals surface area (Å²) in [7, 11) is 0. The highest BCUT2D eigenvalue weighted by molar-refractivity contribution is 7.11. The molecule has 2 rings (SSSR count). The molecule has 0 aliphatic heterocycles. The van der Waals surface area contributed by atoms with Crippen LogP contribution >= 0.6 is 11.3 Å². The first-order valence-electron chi connectivity index (χ1n) is 5.62. The first kappa shape index (κ1) is 11.1. The molecule has 0 saturated carbocycles. The van der Waals surface area contributed by atoms with Crippen molar-refractivity contribution in [2.24, 2.45) is 5.41 Å². The summed E-state index contributed by atoms with van der Waals surface area (Å²) < 4.78 is 0. The molecule has 1 aliphatic rings. The van der Waals surface area contributed by atoms with Gasteiger partial charge in [-0.05, 0) is 24.7 Å². The quantitative estimate of drug-likeness (QED) is 0.796. The molecule has 1 atom stereocenters. The van der Waals surface area contributed by atoms with Gasteiger partial charge in [0.1, 0.15) is 0 Å². The Morgan fingerprint density at radius 1 is 1.47 bits per heavy atom. The maximum atomic E-state index is 9.82. The number of fused-ring (bicyclic) bond motifs is 1. The largest absolute Gasteiger partial charge is 0.387 e. The van der Waals surface area contributed by atoms with Crippen LogP contribution in [0.25, 0.3) is 0 Å². The van der Waals surface area contributed by atoms with Gasteiger partial charge < -0.3 is 5.11 Å². The number of aliphatic hydroxyl groups is 1. The van der Waals surface area contributed by atoms with Crippen LogP contribution in [-0.4, -0.2) is 10.1 Å². The van der Waals surface area contributed by atoms with Crippen molar-refractivity contribution in [3.05, 3.63) is 15.6 Å². The molecule has 0 bridgehead atoms. The SMILES string of the molecule is CC(C)(C)Cc1nc2c(s1)CCCC2O. The molecule has 0 aromatic carbocycles. The van der Waals surface area contributed by atoms with Gasteiger partial charge in [0.2, 0.25) is 0 Å². The van der Waals surface area contributed by atoms with Crippen LogP contribution in [0.15, 0.2) is 0 Å². The summed E-state index contributed by atoms with van der Waals surface area (Å²) in [5.41, 5.74) is 1.25. The summed E-state index contributed by atoms with van der Waals surface area (Å²) in [6.07, 6.45) is 3.79. The molecule has 1 aromatic heterocycles. The van der Waals surface area contributed by atoms with Crippen molar-refractivity contribution in [1.29, 1.82) is 0 Å². The van der Waals surface area contributed by atoms with Crippen molar-refractivity contribution in [2.75, 3.05) is 0 Å². The lowest BCUT2D eigenvalue weighted by molar-refractivity contribution is 0.152. The second-order valence-electron chi connectivity index (χ2n) is 5.56. The molecule has 1 N–H and O–H groups in total. The van der Waals surface area contributed by atoms with E-state index in [0.29, 0.717) is 0 Å². The molecule has 1 heterocycles. The monoisotopic (exact) mass is 225 g/mol. The highest BCUT2D eigenvalue weighted by Crippen LogP contribution is 2.35. The van der Waals surface area contributed by atoms with Gasteiger partial charge in [-0.2, -0.15) is 0 Å². The molecular weight excluding hydrogens is 206 g/mol. The van der Waals surface area contributed by atoms with Crippen LogP contribution in [0.5, 0.6) is 0 Å². The van der Waals surface area contributed by atoms with Gasteiger partial charge in [0, 0.05) is 11.3 Å². The third-order valence-electron chi connectivity index (χ3n) is 2.65. The summed E-state index contributed by atoms with van der Waals surface area (Å²) in [5, 5.41) is 11.0. The second kappa shape index (κ2) is 3.87. The van der Waals surface area contributed by atoms with E-state index in [1.807, 2.05) is 0 Å². The zero-order chi connectivity index (χ0) is 11.1. The van der Waals surface area contributed by atoms with Crippen LogP contribution in [0.1, 0.15) is 55.3 Å². The predicted octanol–water partition coefficient (Wildman–Crippen LogP) is 3.10. The standard InChI is InChI=1S/C12H19NOS/c1-12(2,3)7-10-13-11-8(14)5-4-6-9(11)15-10/h8,14H,4-7H2,1-3H3. The van der Waals surface area contributed by atoms with Crippen molar-refractivity contribution in [3.8, 4) is 0 Å². The minimum Gasteiger partial charge on any atom is -0.387 e. The zero-order valence-corrected chi connectivity index (χ0v) is 10.5. The van der Waals surface area contributed by atoms with Gasteiger partial charge in [-0.3, -0.25) is 0 Å². The van der Waals surface area contributed by atoms with Crippen molar-refractivity contribution < 1.29 is 5.11 Å². The van der Waals surface area contributed by atoms with E-state index >= 15 is 0 Å². The number of thiazole rings is 1. The number of hydrogen-bond donors (Lipinski definition) is 1. The second-order valence-corrected chi connectivity index (χ2v) is 6.73. The number of nitrogens with zero attached hydrogens (tertiary/aromatic N) is 1. The van der Waals surface area contributed by atoms with Gasteiger partial charge in [-0.1, -0.05) is 20.8 Å². The van der Waals surface area contributed by atoms with Gasteiger partial charge in [-0.15, -0.1) is 11.3 Å². The molecule has 1 unspecified atom stereocenters. The van der Waals surface area contributed by atoms with E-state index in [0.717, 1.165) is 31.4 Å². The Balaban J connectivity index is 2.22. The lowest BCUT2D eigenvalue weighted by atomic mass is 9.93. The lowest BCUT2D eigenvalue weighted by Crippen LogP contribution is -2.10. The third-order valence-corrected chi connectivity index (χ3v) is 3.78. The Hall–Kier alpha value is -0.410. The van der Waals surface area contributed by atoms with Gasteiger partial charge in [-0.25, -0.2) is 4.98 Å². The zero-order valence-electron chi connectivity index (χ0n) is 9.71. The Morgan fingerprint density at radius 2 is 2.20 bits per heavy atom. The number of aryl methyl sites for hydroxylation is 1. The molecule has 0 spiro atoms. The van der Waals surface area contributed by atoms with Gasteiger partial charge >= 0.3 is 0 Å². The molecule has 15 heavy (non-hydrogen) atoms. The Labute approximate surface area is 95.4 Å². The first-order valence-corrected chi connectivity index (χ1v) is 6.44. The predicted molar refractivity (Wildman–Crippen MR) is 63.2 cm³/mol. The fourth-order valence-corrected chi connectivity index (χ4v) is 3.44. The van der Waals surface area contributed by atoms with E-state index in [1.165, 1.54) is 9.88 Å². The summed E-state index contributed by atoms with van der Waals surface area (Å²) in [6, 6.07) is 0. The molecular formula is C12H19NOS. The minimum absolute atomic E-state index is 0.283. The van der Waals surface area contributed by atoms with Crippen LogP contribution in [0.2, 0.25) is 0 Å². The van der Waals surface area contributed by atoms with E-state index in [2.05, 4.69) is 25.8 Å². The van der Waals surface area contributed by atoms with Gasteiger partial charge in [0.05, 0.1) is 16.8 Å². The topological polar surface area (TPSA) is 33.1 Å². The molecule has 0 amide bonds. The molecule has 0 radical (unpaired) electrons. The van der Waals surface area contributed by atoms with Crippen molar-refractivity contribution in [1.82, 2.24) is 4.98 Å². The van der Waals surface area contributed by atoms with Gasteiger partial charge in [0.15, 0.2) is 0 Å². The number of aliphatic hydroxyl groups excluding tert-OH is 1. The van der Waals surface area contributed by atoms with Crippen molar-refractivity contribution in [2.45, 2.75) is 52.6 Å². The average molecular weight is 225 g/mol. The Kier molecular flexibility index (Phi) is 2.86. The molecule has 0 fully saturated rings. The minimum atomic E-state index is -0.307. The van der Waals surface area contributed by atoms with Crippen LogP contribution < -0.4 is 0 Å². The molecule has 0 saturated heterocycles. The van der Waals surface area contributed by atoms with E-state index in [9.17, 15) is 5.11 Å². The van der Waals surface area contributed by atoms with E-state index in [-0.39, 0.29) is 11.5 Å². The smallest absolute Gasteiger partial charge is 0.0971 e. The molecule has 2 nitrogen and oxygen atoms in total. The van der Waals surface area contributed by atoms with Crippen LogP contribution in [0.4, 0.5) is 0 Å². The van der Waals surface area contributed by atoms with Crippen molar-refractivity contribution in [3.63, 3.8) is 0 Å². The van der Waals surface area contributed by atoms with E-state index < -0.39 is 0 Å². The van der Waals surface area contributed by atoms with E-state index in [4.69, 9.17) is 0 Å². The van der Waals surface area contributed by atoms with E-state index in [1.54, 1.807) is 11.3 Å². The van der Waals surface area contributed by atoms with Crippen LogP contribution in [-0.2, 0) is 12.8 Å². The molecule has 1 aliphatic carbocycles. The fourth-order valence-electron chi connectivity index (χ4n) is 1.98. The summed E-state index contributed by atoms with van der Waals surface area (Å²) in [6.45, 7) is 6.68. The normalized spacial score (nSPS) is 21.5.